The maximum absolute atomic E-state index is 11.0. The molecule has 6 unspecified atom stereocenters. The minimum atomic E-state index is -1.05. The van der Waals surface area contributed by atoms with Crippen molar-refractivity contribution in [3.05, 3.63) is 0 Å². The zero-order chi connectivity index (χ0) is 14.6. The molecule has 21 heavy (non-hydrogen) atoms. The largest absolute Gasteiger partial charge is 0.390 e. The first kappa shape index (κ1) is 14.4. The zero-order valence-electron chi connectivity index (χ0n) is 12.9. The summed E-state index contributed by atoms with van der Waals surface area (Å²) < 4.78 is 11.8. The van der Waals surface area contributed by atoms with Crippen LogP contribution in [-0.4, -0.2) is 34.5 Å². The van der Waals surface area contributed by atoms with Gasteiger partial charge in [0.25, 0.3) is 0 Å². The Morgan fingerprint density at radius 2 is 1.86 bits per heavy atom. The van der Waals surface area contributed by atoms with Crippen LogP contribution < -0.4 is 0 Å². The van der Waals surface area contributed by atoms with Crippen molar-refractivity contribution in [2.75, 3.05) is 0 Å². The summed E-state index contributed by atoms with van der Waals surface area (Å²) in [6.45, 7) is 2.22. The van der Waals surface area contributed by atoms with Crippen LogP contribution in [0.5, 0.6) is 0 Å². The normalized spacial score (nSPS) is 53.0. The lowest BCUT2D eigenvalue weighted by atomic mass is 9.74. The second kappa shape index (κ2) is 5.19. The van der Waals surface area contributed by atoms with Crippen molar-refractivity contribution < 1.29 is 19.7 Å². The Bertz CT molecular complexity index is 400. The van der Waals surface area contributed by atoms with E-state index in [1.807, 2.05) is 0 Å². The number of ether oxygens (including phenoxy) is 2. The molecule has 2 saturated heterocycles. The molecule has 0 aromatic carbocycles. The van der Waals surface area contributed by atoms with Crippen LogP contribution in [-0.2, 0) is 9.47 Å². The van der Waals surface area contributed by atoms with E-state index in [0.717, 1.165) is 19.3 Å². The number of aliphatic hydroxyl groups is 2. The van der Waals surface area contributed by atoms with Gasteiger partial charge < -0.3 is 19.7 Å². The summed E-state index contributed by atoms with van der Waals surface area (Å²) in [5.74, 6) is -0.0298. The SMILES string of the molecule is CCCCCCCC[C@]1(O)OC2OC3C4CC(C1C24)[C@@H]3O. The third-order valence-corrected chi connectivity index (χ3v) is 6.45. The average Bonchev–Trinajstić information content (AvgIpc) is 3.12. The molecule has 0 radical (unpaired) electrons. The van der Waals surface area contributed by atoms with Gasteiger partial charge in [-0.05, 0) is 24.7 Å². The molecule has 2 aliphatic heterocycles. The molecule has 4 fully saturated rings. The molecule has 4 rings (SSSR count). The summed E-state index contributed by atoms with van der Waals surface area (Å²) in [5.41, 5.74) is 0. The van der Waals surface area contributed by atoms with E-state index in [2.05, 4.69) is 6.92 Å². The quantitative estimate of drug-likeness (QED) is 0.708. The molecule has 2 aliphatic carbocycles. The average molecular weight is 296 g/mol. The van der Waals surface area contributed by atoms with Crippen LogP contribution in [0.15, 0.2) is 0 Å². The molecule has 2 saturated carbocycles. The highest BCUT2D eigenvalue weighted by Crippen LogP contribution is 2.67. The van der Waals surface area contributed by atoms with Gasteiger partial charge in [-0.3, -0.25) is 0 Å². The molecule has 0 aromatic rings. The summed E-state index contributed by atoms with van der Waals surface area (Å²) in [5, 5.41) is 21.3. The molecular weight excluding hydrogens is 268 g/mol. The maximum atomic E-state index is 11.0. The van der Waals surface area contributed by atoms with E-state index in [1.54, 1.807) is 0 Å². The van der Waals surface area contributed by atoms with E-state index >= 15 is 0 Å². The van der Waals surface area contributed by atoms with Gasteiger partial charge in [0, 0.05) is 18.3 Å². The number of hydrogen-bond acceptors (Lipinski definition) is 4. The monoisotopic (exact) mass is 296 g/mol. The number of fused-ring (bicyclic) bond motifs is 2. The summed E-state index contributed by atoms with van der Waals surface area (Å²) in [7, 11) is 0. The molecular formula is C17H28O4. The van der Waals surface area contributed by atoms with Gasteiger partial charge in [-0.15, -0.1) is 0 Å². The van der Waals surface area contributed by atoms with Crippen molar-refractivity contribution in [2.24, 2.45) is 23.7 Å². The summed E-state index contributed by atoms with van der Waals surface area (Å²) in [6, 6.07) is 0. The zero-order valence-corrected chi connectivity index (χ0v) is 12.9. The predicted molar refractivity (Wildman–Crippen MR) is 77.3 cm³/mol. The van der Waals surface area contributed by atoms with Gasteiger partial charge in [-0.25, -0.2) is 0 Å². The van der Waals surface area contributed by atoms with Crippen molar-refractivity contribution in [1.82, 2.24) is 0 Å². The first-order valence-corrected chi connectivity index (χ1v) is 8.89. The predicted octanol–water partition coefficient (Wildman–Crippen LogP) is 2.42. The van der Waals surface area contributed by atoms with Gasteiger partial charge >= 0.3 is 0 Å². The van der Waals surface area contributed by atoms with Gasteiger partial charge in [-0.2, -0.15) is 0 Å². The lowest BCUT2D eigenvalue weighted by Crippen LogP contribution is -2.47. The lowest BCUT2D eigenvalue weighted by molar-refractivity contribution is -0.288. The molecule has 4 nitrogen and oxygen atoms in total. The molecule has 0 amide bonds. The van der Waals surface area contributed by atoms with E-state index in [9.17, 15) is 10.2 Å². The Morgan fingerprint density at radius 1 is 1.10 bits per heavy atom. The Morgan fingerprint density at radius 3 is 2.67 bits per heavy atom. The third-order valence-electron chi connectivity index (χ3n) is 6.45. The molecule has 8 atom stereocenters. The van der Waals surface area contributed by atoms with Crippen molar-refractivity contribution in [2.45, 2.75) is 82.6 Å². The summed E-state index contributed by atoms with van der Waals surface area (Å²) in [6.07, 6.45) is 8.30. The van der Waals surface area contributed by atoms with Gasteiger partial charge in [0.15, 0.2) is 12.1 Å². The fourth-order valence-corrected chi connectivity index (χ4v) is 5.58. The Hall–Kier alpha value is -0.160. The first-order valence-electron chi connectivity index (χ1n) is 8.89. The van der Waals surface area contributed by atoms with Crippen LogP contribution in [0.1, 0.15) is 58.3 Å². The Balaban J connectivity index is 1.36. The van der Waals surface area contributed by atoms with Crippen LogP contribution in [0, 0.1) is 23.7 Å². The van der Waals surface area contributed by atoms with Gasteiger partial charge in [0.2, 0.25) is 0 Å². The summed E-state index contributed by atoms with van der Waals surface area (Å²) >= 11 is 0. The Kier molecular flexibility index (Phi) is 3.57. The van der Waals surface area contributed by atoms with Crippen molar-refractivity contribution in [3.63, 3.8) is 0 Å². The van der Waals surface area contributed by atoms with Crippen LogP contribution in [0.4, 0.5) is 0 Å². The lowest BCUT2D eigenvalue weighted by Gasteiger charge is -2.37. The van der Waals surface area contributed by atoms with Crippen LogP contribution in [0.3, 0.4) is 0 Å². The number of rotatable bonds is 7. The molecule has 4 aliphatic rings. The summed E-state index contributed by atoms with van der Waals surface area (Å²) in [4.78, 5) is 0. The van der Waals surface area contributed by atoms with Gasteiger partial charge in [0.05, 0.1) is 12.2 Å². The van der Waals surface area contributed by atoms with E-state index in [1.165, 1.54) is 25.7 Å². The topological polar surface area (TPSA) is 58.9 Å². The molecule has 4 heteroatoms. The van der Waals surface area contributed by atoms with Crippen molar-refractivity contribution in [1.29, 1.82) is 0 Å². The second-order valence-corrected chi connectivity index (χ2v) is 7.61. The van der Waals surface area contributed by atoms with E-state index in [-0.39, 0.29) is 30.3 Å². The fraction of sp³-hybridized carbons (Fsp3) is 1.00. The maximum Gasteiger partial charge on any atom is 0.172 e. The third kappa shape index (κ3) is 2.03. The van der Waals surface area contributed by atoms with Crippen molar-refractivity contribution >= 4 is 0 Å². The highest BCUT2D eigenvalue weighted by Gasteiger charge is 2.74. The molecule has 2 bridgehead atoms. The number of aliphatic hydroxyl groups excluding tert-OH is 1. The van der Waals surface area contributed by atoms with Crippen LogP contribution in [0.2, 0.25) is 0 Å². The smallest absolute Gasteiger partial charge is 0.172 e. The molecule has 120 valence electrons. The van der Waals surface area contributed by atoms with E-state index < -0.39 is 5.79 Å². The number of hydrogen-bond donors (Lipinski definition) is 2. The molecule has 0 aromatic heterocycles. The van der Waals surface area contributed by atoms with Crippen LogP contribution in [0.25, 0.3) is 0 Å². The Labute approximate surface area is 126 Å². The minimum absolute atomic E-state index is 0.0279. The fourth-order valence-electron chi connectivity index (χ4n) is 5.58. The minimum Gasteiger partial charge on any atom is -0.390 e. The van der Waals surface area contributed by atoms with Gasteiger partial charge in [-0.1, -0.05) is 39.0 Å². The van der Waals surface area contributed by atoms with Gasteiger partial charge in [0.1, 0.15) is 0 Å². The first-order chi connectivity index (χ1) is 10.2. The van der Waals surface area contributed by atoms with E-state index in [0.29, 0.717) is 18.3 Å². The number of unbranched alkanes of at least 4 members (excludes halogenated alkanes) is 5. The van der Waals surface area contributed by atoms with Crippen LogP contribution >= 0.6 is 0 Å². The highest BCUT2D eigenvalue weighted by molar-refractivity contribution is 5.16. The van der Waals surface area contributed by atoms with E-state index in [4.69, 9.17) is 9.47 Å². The molecule has 2 N–H and O–H groups in total. The molecule has 2 heterocycles. The molecule has 0 spiro atoms. The highest BCUT2D eigenvalue weighted by atomic mass is 16.8. The second-order valence-electron chi connectivity index (χ2n) is 7.61. The van der Waals surface area contributed by atoms with Crippen molar-refractivity contribution in [3.8, 4) is 0 Å². The standard InChI is InChI=1S/C17H28O4/c1-2-3-4-5-6-7-8-17(19)13-11-9-10-12(13)16(21-17)20-15(10)14(11)18/h10-16,18-19H,2-9H2,1H3/t10?,11?,12?,13?,14-,15?,16?,17-/m0/s1.